The molecule has 1 amide bonds. The number of ether oxygens (including phenoxy) is 1. The van der Waals surface area contributed by atoms with E-state index >= 15 is 0 Å². The first-order chi connectivity index (χ1) is 15.4. The molecule has 0 aliphatic heterocycles. The Morgan fingerprint density at radius 2 is 1.91 bits per heavy atom. The molecule has 3 aromatic rings. The summed E-state index contributed by atoms with van der Waals surface area (Å²) in [5.74, 6) is 2.23. The average Bonchev–Trinajstić information content (AvgIpc) is 3.15. The van der Waals surface area contributed by atoms with Crippen LogP contribution in [0.2, 0.25) is 0 Å². The molecular weight excluding hydrogens is 398 g/mol. The number of anilines is 1. The predicted octanol–water partition coefficient (Wildman–Crippen LogP) is 7.18. The van der Waals surface area contributed by atoms with E-state index in [9.17, 15) is 4.79 Å². The SMILES string of the molecule is CCOc1c(/C(C)=C/C(=O)Nc2ccc(C(C)C)cc2)cc2c3c(oc2c1C)CCCC3. The molecule has 2 aromatic carbocycles. The van der Waals surface area contributed by atoms with Gasteiger partial charge >= 0.3 is 0 Å². The lowest BCUT2D eigenvalue weighted by molar-refractivity contribution is -0.111. The topological polar surface area (TPSA) is 51.5 Å². The van der Waals surface area contributed by atoms with Crippen molar-refractivity contribution in [2.75, 3.05) is 11.9 Å². The average molecular weight is 432 g/mol. The predicted molar refractivity (Wildman–Crippen MR) is 132 cm³/mol. The lowest BCUT2D eigenvalue weighted by Gasteiger charge is -2.15. The highest BCUT2D eigenvalue weighted by atomic mass is 16.5. The zero-order valence-electron chi connectivity index (χ0n) is 19.8. The molecule has 0 saturated carbocycles. The van der Waals surface area contributed by atoms with Gasteiger partial charge in [0, 0.05) is 40.3 Å². The first-order valence-corrected chi connectivity index (χ1v) is 11.7. The van der Waals surface area contributed by atoms with E-state index in [1.54, 1.807) is 6.08 Å². The maximum Gasteiger partial charge on any atom is 0.248 e. The summed E-state index contributed by atoms with van der Waals surface area (Å²) < 4.78 is 12.3. The molecule has 0 fully saturated rings. The molecule has 4 rings (SSSR count). The highest BCUT2D eigenvalue weighted by Gasteiger charge is 2.23. The minimum Gasteiger partial charge on any atom is -0.493 e. The lowest BCUT2D eigenvalue weighted by Crippen LogP contribution is -2.09. The molecule has 4 heteroatoms. The fraction of sp³-hybridized carbons (Fsp3) is 0.393. The molecule has 1 aliphatic rings. The number of benzene rings is 2. The van der Waals surface area contributed by atoms with Crippen molar-refractivity contribution in [3.05, 3.63) is 64.4 Å². The van der Waals surface area contributed by atoms with Crippen LogP contribution in [0.25, 0.3) is 16.5 Å². The van der Waals surface area contributed by atoms with Crippen LogP contribution in [0, 0.1) is 6.92 Å². The molecule has 168 valence electrons. The Hall–Kier alpha value is -3.01. The second-order valence-electron chi connectivity index (χ2n) is 8.99. The van der Waals surface area contributed by atoms with Gasteiger partial charge in [0.05, 0.1) is 6.61 Å². The normalized spacial score (nSPS) is 14.0. The maximum absolute atomic E-state index is 12.8. The summed E-state index contributed by atoms with van der Waals surface area (Å²) in [5, 5.41) is 4.14. The third kappa shape index (κ3) is 4.32. The number of nitrogens with one attached hydrogen (secondary N) is 1. The van der Waals surface area contributed by atoms with Crippen molar-refractivity contribution in [3.8, 4) is 5.75 Å². The standard InChI is InChI=1S/C28H33NO3/c1-6-31-27-19(5)28-24(22-9-7-8-10-25(22)32-28)16-23(27)18(4)15-26(30)29-21-13-11-20(12-14-21)17(2)3/h11-17H,6-10H2,1-5H3,(H,29,30)/b18-15+. The summed E-state index contributed by atoms with van der Waals surface area (Å²) >= 11 is 0. The van der Waals surface area contributed by atoms with Gasteiger partial charge in [-0.2, -0.15) is 0 Å². The minimum absolute atomic E-state index is 0.144. The number of hydrogen-bond donors (Lipinski definition) is 1. The molecule has 1 aliphatic carbocycles. The van der Waals surface area contributed by atoms with Crippen molar-refractivity contribution in [1.29, 1.82) is 0 Å². The second kappa shape index (κ2) is 9.23. The summed E-state index contributed by atoms with van der Waals surface area (Å²) in [5.41, 5.74) is 7.13. The molecule has 0 saturated heterocycles. The van der Waals surface area contributed by atoms with Crippen molar-refractivity contribution in [2.45, 2.75) is 66.2 Å². The van der Waals surface area contributed by atoms with Crippen LogP contribution < -0.4 is 10.1 Å². The molecule has 1 aromatic heterocycles. The molecular formula is C28H33NO3. The van der Waals surface area contributed by atoms with Gasteiger partial charge in [-0.1, -0.05) is 26.0 Å². The number of furan rings is 1. The van der Waals surface area contributed by atoms with Gasteiger partial charge in [-0.25, -0.2) is 0 Å². The van der Waals surface area contributed by atoms with E-state index in [0.717, 1.165) is 57.7 Å². The van der Waals surface area contributed by atoms with Crippen molar-refractivity contribution in [1.82, 2.24) is 0 Å². The van der Waals surface area contributed by atoms with Crippen LogP contribution in [-0.4, -0.2) is 12.5 Å². The zero-order chi connectivity index (χ0) is 22.8. The van der Waals surface area contributed by atoms with Crippen LogP contribution in [0.5, 0.6) is 5.75 Å². The molecule has 0 spiro atoms. The molecule has 0 unspecified atom stereocenters. The van der Waals surface area contributed by atoms with Crippen molar-refractivity contribution in [2.24, 2.45) is 0 Å². The minimum atomic E-state index is -0.144. The Kier molecular flexibility index (Phi) is 6.40. The zero-order valence-corrected chi connectivity index (χ0v) is 19.8. The maximum atomic E-state index is 12.8. The number of fused-ring (bicyclic) bond motifs is 3. The number of hydrogen-bond acceptors (Lipinski definition) is 3. The molecule has 0 atom stereocenters. The molecule has 0 radical (unpaired) electrons. The van der Waals surface area contributed by atoms with Gasteiger partial charge in [0.2, 0.25) is 5.91 Å². The smallest absolute Gasteiger partial charge is 0.248 e. The van der Waals surface area contributed by atoms with Crippen LogP contribution in [0.3, 0.4) is 0 Å². The summed E-state index contributed by atoms with van der Waals surface area (Å²) in [6, 6.07) is 10.2. The third-order valence-corrected chi connectivity index (χ3v) is 6.33. The first-order valence-electron chi connectivity index (χ1n) is 11.7. The Bertz CT molecular complexity index is 1170. The summed E-state index contributed by atoms with van der Waals surface area (Å²) in [6.45, 7) is 10.9. The van der Waals surface area contributed by atoms with E-state index in [1.807, 2.05) is 26.0 Å². The van der Waals surface area contributed by atoms with Crippen LogP contribution in [0.1, 0.15) is 74.5 Å². The number of carbonyl (C=O) groups excluding carboxylic acids is 1. The van der Waals surface area contributed by atoms with E-state index in [-0.39, 0.29) is 5.91 Å². The van der Waals surface area contributed by atoms with Crippen molar-refractivity contribution >= 4 is 28.1 Å². The molecule has 1 N–H and O–H groups in total. The fourth-order valence-electron chi connectivity index (χ4n) is 4.56. The number of amides is 1. The van der Waals surface area contributed by atoms with Gasteiger partial charge in [-0.3, -0.25) is 4.79 Å². The highest BCUT2D eigenvalue weighted by molar-refractivity contribution is 6.05. The van der Waals surface area contributed by atoms with Gasteiger partial charge in [0.1, 0.15) is 17.1 Å². The van der Waals surface area contributed by atoms with Gasteiger partial charge in [0.25, 0.3) is 0 Å². The summed E-state index contributed by atoms with van der Waals surface area (Å²) in [7, 11) is 0. The summed E-state index contributed by atoms with van der Waals surface area (Å²) in [4.78, 5) is 12.8. The Labute approximate surface area is 190 Å². The summed E-state index contributed by atoms with van der Waals surface area (Å²) in [6.07, 6.45) is 6.07. The van der Waals surface area contributed by atoms with E-state index in [1.165, 1.54) is 24.0 Å². The second-order valence-corrected chi connectivity index (χ2v) is 8.99. The van der Waals surface area contributed by atoms with Gasteiger partial charge in [-0.05, 0) is 75.3 Å². The van der Waals surface area contributed by atoms with Crippen LogP contribution in [-0.2, 0) is 17.6 Å². The molecule has 0 bridgehead atoms. The Morgan fingerprint density at radius 3 is 2.59 bits per heavy atom. The number of allylic oxidation sites excluding steroid dienone is 1. The third-order valence-electron chi connectivity index (χ3n) is 6.33. The Morgan fingerprint density at radius 1 is 1.19 bits per heavy atom. The fourth-order valence-corrected chi connectivity index (χ4v) is 4.56. The lowest BCUT2D eigenvalue weighted by atomic mass is 9.93. The first kappa shape index (κ1) is 22.2. The van der Waals surface area contributed by atoms with E-state index in [2.05, 4.69) is 44.3 Å². The van der Waals surface area contributed by atoms with E-state index in [4.69, 9.17) is 9.15 Å². The largest absolute Gasteiger partial charge is 0.493 e. The van der Waals surface area contributed by atoms with Gasteiger partial charge < -0.3 is 14.5 Å². The number of rotatable bonds is 6. The molecule has 4 nitrogen and oxygen atoms in total. The quantitative estimate of drug-likeness (QED) is 0.420. The van der Waals surface area contributed by atoms with Crippen molar-refractivity contribution in [3.63, 3.8) is 0 Å². The number of carbonyl (C=O) groups is 1. The van der Waals surface area contributed by atoms with E-state index in [0.29, 0.717) is 12.5 Å². The highest BCUT2D eigenvalue weighted by Crippen LogP contribution is 2.41. The van der Waals surface area contributed by atoms with Gasteiger partial charge in [0.15, 0.2) is 0 Å². The van der Waals surface area contributed by atoms with Gasteiger partial charge in [-0.15, -0.1) is 0 Å². The van der Waals surface area contributed by atoms with Crippen LogP contribution in [0.4, 0.5) is 5.69 Å². The van der Waals surface area contributed by atoms with E-state index < -0.39 is 0 Å². The molecule has 1 heterocycles. The number of aryl methyl sites for hydroxylation is 3. The van der Waals surface area contributed by atoms with Crippen molar-refractivity contribution < 1.29 is 13.9 Å². The van der Waals surface area contributed by atoms with Crippen LogP contribution in [0.15, 0.2) is 40.8 Å². The van der Waals surface area contributed by atoms with Crippen LogP contribution >= 0.6 is 0 Å². The monoisotopic (exact) mass is 431 g/mol. The molecule has 32 heavy (non-hydrogen) atoms. The Balaban J connectivity index is 1.68.